The lowest BCUT2D eigenvalue weighted by Gasteiger charge is -2.28. The van der Waals surface area contributed by atoms with Gasteiger partial charge in [-0.25, -0.2) is 12.8 Å². The van der Waals surface area contributed by atoms with E-state index in [-0.39, 0.29) is 29.8 Å². The topological polar surface area (TPSA) is 75.7 Å². The number of methoxy groups -OCH3 is 1. The van der Waals surface area contributed by atoms with E-state index in [4.69, 9.17) is 4.74 Å². The van der Waals surface area contributed by atoms with Crippen LogP contribution >= 0.6 is 0 Å². The molecule has 1 aliphatic carbocycles. The highest BCUT2D eigenvalue weighted by atomic mass is 32.2. The molecule has 0 saturated heterocycles. The molecular weight excluding hydrogens is 395 g/mol. The highest BCUT2D eigenvalue weighted by molar-refractivity contribution is 7.89. The molecule has 1 atom stereocenters. The van der Waals surface area contributed by atoms with Gasteiger partial charge < -0.3 is 10.1 Å². The Hall–Kier alpha value is -2.45. The number of nitrogens with zero attached hydrogens (tertiary/aromatic N) is 1. The predicted octanol–water partition coefficient (Wildman–Crippen LogP) is 3.04. The second-order valence-electron chi connectivity index (χ2n) is 6.94. The number of halogens is 1. The molecular formula is C21H25FN2O4S. The number of amides is 1. The number of carbonyl (C=O) groups excluding carboxylic acids is 1. The average Bonchev–Trinajstić information content (AvgIpc) is 2.72. The summed E-state index contributed by atoms with van der Waals surface area (Å²) in [6.07, 6.45) is 2.73. The molecule has 0 radical (unpaired) electrons. The summed E-state index contributed by atoms with van der Waals surface area (Å²) in [6, 6.07) is 11.1. The first-order valence-electron chi connectivity index (χ1n) is 9.57. The third-order valence-corrected chi connectivity index (χ3v) is 7.06. The number of hydrogen-bond acceptors (Lipinski definition) is 4. The Labute approximate surface area is 170 Å². The standard InChI is InChI=1S/C21H25FN2O4S/c1-3-24(29(26,27)20-13-16(22)11-12-19(20)28-2)14-21(25)23-18-10-6-8-15-7-4-5-9-17(15)18/h4-5,7,9,11-13,18H,3,6,8,10,14H2,1-2H3,(H,23,25)/t18-/m0/s1. The van der Waals surface area contributed by atoms with Crippen molar-refractivity contribution in [1.82, 2.24) is 9.62 Å². The Morgan fingerprint density at radius 3 is 2.76 bits per heavy atom. The summed E-state index contributed by atoms with van der Waals surface area (Å²) in [4.78, 5) is 12.4. The third-order valence-electron chi connectivity index (χ3n) is 5.12. The SMILES string of the molecule is CCN(CC(=O)N[C@H]1CCCc2ccccc21)S(=O)(=O)c1cc(F)ccc1OC. The zero-order valence-corrected chi connectivity index (χ0v) is 17.3. The summed E-state index contributed by atoms with van der Waals surface area (Å²) in [6.45, 7) is 1.35. The molecule has 3 rings (SSSR count). The normalized spacial score (nSPS) is 16.3. The van der Waals surface area contributed by atoms with Crippen LogP contribution in [0.3, 0.4) is 0 Å². The van der Waals surface area contributed by atoms with Gasteiger partial charge in [0.2, 0.25) is 15.9 Å². The highest BCUT2D eigenvalue weighted by Gasteiger charge is 2.30. The van der Waals surface area contributed by atoms with Gasteiger partial charge in [-0.1, -0.05) is 31.2 Å². The molecule has 1 N–H and O–H groups in total. The van der Waals surface area contributed by atoms with Gasteiger partial charge in [0.05, 0.1) is 19.7 Å². The van der Waals surface area contributed by atoms with Crippen LogP contribution in [0.1, 0.15) is 36.9 Å². The zero-order chi connectivity index (χ0) is 21.0. The Morgan fingerprint density at radius 1 is 1.28 bits per heavy atom. The molecule has 8 heteroatoms. The first-order valence-corrected chi connectivity index (χ1v) is 11.0. The van der Waals surface area contributed by atoms with Crippen molar-refractivity contribution in [3.05, 3.63) is 59.4 Å². The highest BCUT2D eigenvalue weighted by Crippen LogP contribution is 2.30. The summed E-state index contributed by atoms with van der Waals surface area (Å²) >= 11 is 0. The van der Waals surface area contributed by atoms with Crippen molar-refractivity contribution >= 4 is 15.9 Å². The van der Waals surface area contributed by atoms with Crippen molar-refractivity contribution in [3.8, 4) is 5.75 Å². The van der Waals surface area contributed by atoms with Crippen LogP contribution < -0.4 is 10.1 Å². The van der Waals surface area contributed by atoms with E-state index in [1.807, 2.05) is 24.3 Å². The van der Waals surface area contributed by atoms with Gasteiger partial charge in [-0.3, -0.25) is 4.79 Å². The van der Waals surface area contributed by atoms with Crippen LogP contribution in [0.4, 0.5) is 4.39 Å². The summed E-state index contributed by atoms with van der Waals surface area (Å²) < 4.78 is 45.8. The number of likely N-dealkylation sites (N-methyl/N-ethyl adjacent to an activating group) is 1. The molecule has 0 spiro atoms. The van der Waals surface area contributed by atoms with E-state index in [0.29, 0.717) is 0 Å². The molecule has 1 aliphatic rings. The van der Waals surface area contributed by atoms with Crippen LogP contribution in [0, 0.1) is 5.82 Å². The Balaban J connectivity index is 1.78. The van der Waals surface area contributed by atoms with Gasteiger partial charge in [-0.05, 0) is 48.6 Å². The summed E-state index contributed by atoms with van der Waals surface area (Å²) in [5.74, 6) is -1.05. The van der Waals surface area contributed by atoms with Gasteiger partial charge >= 0.3 is 0 Å². The minimum absolute atomic E-state index is 0.0338. The monoisotopic (exact) mass is 420 g/mol. The number of ether oxygens (including phenoxy) is 1. The fraction of sp³-hybridized carbons (Fsp3) is 0.381. The number of benzene rings is 2. The van der Waals surface area contributed by atoms with E-state index < -0.39 is 21.7 Å². The van der Waals surface area contributed by atoms with Crippen molar-refractivity contribution in [2.45, 2.75) is 37.1 Å². The fourth-order valence-corrected chi connectivity index (χ4v) is 5.23. The van der Waals surface area contributed by atoms with Crippen molar-refractivity contribution in [1.29, 1.82) is 0 Å². The molecule has 156 valence electrons. The molecule has 0 unspecified atom stereocenters. The maximum atomic E-state index is 13.7. The van der Waals surface area contributed by atoms with Gasteiger partial charge in [0.1, 0.15) is 16.5 Å². The van der Waals surface area contributed by atoms with Crippen molar-refractivity contribution < 1.29 is 22.3 Å². The second-order valence-corrected chi connectivity index (χ2v) is 8.84. The van der Waals surface area contributed by atoms with E-state index in [1.54, 1.807) is 6.92 Å². The molecule has 29 heavy (non-hydrogen) atoms. The number of sulfonamides is 1. The van der Waals surface area contributed by atoms with E-state index in [1.165, 1.54) is 18.7 Å². The van der Waals surface area contributed by atoms with E-state index in [0.717, 1.165) is 41.3 Å². The van der Waals surface area contributed by atoms with Gasteiger partial charge in [0.25, 0.3) is 0 Å². The molecule has 0 aliphatic heterocycles. The molecule has 0 saturated carbocycles. The molecule has 0 bridgehead atoms. The number of nitrogens with one attached hydrogen (secondary N) is 1. The number of carbonyl (C=O) groups is 1. The quantitative estimate of drug-likeness (QED) is 0.747. The second kappa shape index (κ2) is 8.92. The molecule has 2 aromatic carbocycles. The number of aryl methyl sites for hydroxylation is 1. The van der Waals surface area contributed by atoms with Crippen LogP contribution in [-0.2, 0) is 21.2 Å². The Morgan fingerprint density at radius 2 is 2.03 bits per heavy atom. The van der Waals surface area contributed by atoms with E-state index in [2.05, 4.69) is 5.32 Å². The van der Waals surface area contributed by atoms with Crippen LogP contribution in [-0.4, -0.2) is 38.8 Å². The first-order chi connectivity index (χ1) is 13.9. The van der Waals surface area contributed by atoms with Gasteiger partial charge in [0, 0.05) is 6.54 Å². The number of hydrogen-bond donors (Lipinski definition) is 1. The predicted molar refractivity (Wildman–Crippen MR) is 108 cm³/mol. The fourth-order valence-electron chi connectivity index (χ4n) is 3.66. The van der Waals surface area contributed by atoms with Crippen molar-refractivity contribution in [2.24, 2.45) is 0 Å². The lowest BCUT2D eigenvalue weighted by atomic mass is 9.88. The minimum atomic E-state index is -4.11. The Kier molecular flexibility index (Phi) is 6.54. The third kappa shape index (κ3) is 4.59. The van der Waals surface area contributed by atoms with E-state index >= 15 is 0 Å². The summed E-state index contributed by atoms with van der Waals surface area (Å²) in [7, 11) is -2.79. The molecule has 0 heterocycles. The van der Waals surface area contributed by atoms with Crippen LogP contribution in [0.25, 0.3) is 0 Å². The molecule has 0 aromatic heterocycles. The van der Waals surface area contributed by atoms with Crippen LogP contribution in [0.5, 0.6) is 5.75 Å². The lowest BCUT2D eigenvalue weighted by molar-refractivity contribution is -0.122. The summed E-state index contributed by atoms with van der Waals surface area (Å²) in [5, 5.41) is 2.95. The number of rotatable bonds is 7. The number of fused-ring (bicyclic) bond motifs is 1. The van der Waals surface area contributed by atoms with Crippen LogP contribution in [0.15, 0.2) is 47.4 Å². The molecule has 6 nitrogen and oxygen atoms in total. The van der Waals surface area contributed by atoms with Crippen LogP contribution in [0.2, 0.25) is 0 Å². The van der Waals surface area contributed by atoms with Gasteiger partial charge in [-0.2, -0.15) is 4.31 Å². The minimum Gasteiger partial charge on any atom is -0.495 e. The first kappa shape index (κ1) is 21.3. The molecule has 2 aromatic rings. The van der Waals surface area contributed by atoms with Gasteiger partial charge in [0.15, 0.2) is 0 Å². The lowest BCUT2D eigenvalue weighted by Crippen LogP contribution is -2.42. The zero-order valence-electron chi connectivity index (χ0n) is 16.5. The average molecular weight is 421 g/mol. The Bertz CT molecular complexity index is 994. The van der Waals surface area contributed by atoms with Gasteiger partial charge in [-0.15, -0.1) is 0 Å². The largest absolute Gasteiger partial charge is 0.495 e. The van der Waals surface area contributed by atoms with Crippen molar-refractivity contribution in [3.63, 3.8) is 0 Å². The molecule has 1 amide bonds. The maximum absolute atomic E-state index is 13.7. The summed E-state index contributed by atoms with van der Waals surface area (Å²) in [5.41, 5.74) is 2.28. The maximum Gasteiger partial charge on any atom is 0.247 e. The van der Waals surface area contributed by atoms with E-state index in [9.17, 15) is 17.6 Å². The molecule has 0 fully saturated rings. The smallest absolute Gasteiger partial charge is 0.247 e. The van der Waals surface area contributed by atoms with Crippen molar-refractivity contribution in [2.75, 3.05) is 20.2 Å².